The van der Waals surface area contributed by atoms with Crippen molar-refractivity contribution in [2.24, 2.45) is 0 Å². The van der Waals surface area contributed by atoms with Gasteiger partial charge in [-0.1, -0.05) is 15.9 Å². The van der Waals surface area contributed by atoms with Crippen molar-refractivity contribution in [3.05, 3.63) is 28.7 Å². The van der Waals surface area contributed by atoms with E-state index in [1.54, 1.807) is 11.8 Å². The average Bonchev–Trinajstić information content (AvgIpc) is 2.43. The summed E-state index contributed by atoms with van der Waals surface area (Å²) in [5, 5.41) is 6.63. The summed E-state index contributed by atoms with van der Waals surface area (Å²) in [6.07, 6.45) is 2.18. The molecule has 0 bridgehead atoms. The second-order valence-corrected chi connectivity index (χ2v) is 8.64. The lowest BCUT2D eigenvalue weighted by Gasteiger charge is -2.33. The molecule has 1 heterocycles. The number of halogens is 2. The van der Waals surface area contributed by atoms with Crippen molar-refractivity contribution in [1.29, 1.82) is 0 Å². The summed E-state index contributed by atoms with van der Waals surface area (Å²) < 4.78 is 0.571. The van der Waals surface area contributed by atoms with Crippen LogP contribution in [0.4, 0.5) is 0 Å². The van der Waals surface area contributed by atoms with Gasteiger partial charge in [0.05, 0.1) is 4.75 Å². The number of rotatable bonds is 4. The van der Waals surface area contributed by atoms with Crippen molar-refractivity contribution in [1.82, 2.24) is 10.6 Å². The number of carbonyl (C=O) groups excluding carboxylic acids is 1. The molecule has 6 heteroatoms. The monoisotopic (exact) mass is 406 g/mol. The first-order valence-corrected chi connectivity index (χ1v) is 8.98. The van der Waals surface area contributed by atoms with Crippen LogP contribution in [0.5, 0.6) is 0 Å². The highest BCUT2D eigenvalue weighted by Crippen LogP contribution is 2.33. The Labute approximate surface area is 151 Å². The molecule has 124 valence electrons. The Hall–Kier alpha value is -0.230. The van der Waals surface area contributed by atoms with Gasteiger partial charge in [0, 0.05) is 21.5 Å². The smallest absolute Gasteiger partial charge is 0.236 e. The van der Waals surface area contributed by atoms with Crippen molar-refractivity contribution < 1.29 is 4.79 Å². The van der Waals surface area contributed by atoms with E-state index in [2.05, 4.69) is 33.5 Å². The molecule has 2 atom stereocenters. The summed E-state index contributed by atoms with van der Waals surface area (Å²) in [5.41, 5.74) is 0. The molecule has 0 aromatic heterocycles. The second-order valence-electron chi connectivity index (χ2n) is 6.03. The summed E-state index contributed by atoms with van der Waals surface area (Å²) >= 11 is 5.03. The molecule has 3 nitrogen and oxygen atoms in total. The van der Waals surface area contributed by atoms with Gasteiger partial charge in [-0.2, -0.15) is 0 Å². The van der Waals surface area contributed by atoms with Crippen molar-refractivity contribution >= 4 is 46.0 Å². The van der Waals surface area contributed by atoms with E-state index < -0.39 is 4.75 Å². The number of thioether (sulfide) groups is 1. The van der Waals surface area contributed by atoms with Gasteiger partial charge in [0.15, 0.2) is 0 Å². The molecule has 0 aliphatic carbocycles. The largest absolute Gasteiger partial charge is 0.351 e. The van der Waals surface area contributed by atoms with Gasteiger partial charge in [-0.05, 0) is 64.4 Å². The van der Waals surface area contributed by atoms with E-state index in [1.165, 1.54) is 0 Å². The zero-order valence-corrected chi connectivity index (χ0v) is 16.4. The molecule has 0 spiro atoms. The number of piperidine rings is 1. The molecule has 0 saturated carbocycles. The van der Waals surface area contributed by atoms with E-state index >= 15 is 0 Å². The normalized spacial score (nSPS) is 21.8. The Bertz CT molecular complexity index is 495. The Morgan fingerprint density at radius 2 is 2.00 bits per heavy atom. The van der Waals surface area contributed by atoms with Crippen LogP contribution >= 0.6 is 40.1 Å². The minimum absolute atomic E-state index is 0. The summed E-state index contributed by atoms with van der Waals surface area (Å²) in [6.45, 7) is 7.15. The fourth-order valence-corrected chi connectivity index (χ4v) is 3.70. The van der Waals surface area contributed by atoms with Gasteiger partial charge in [0.1, 0.15) is 0 Å². The minimum Gasteiger partial charge on any atom is -0.351 e. The SMILES string of the molecule is CC1NCCCC1NC(=O)C(C)(C)Sc1ccc(Br)cc1.Cl. The lowest BCUT2D eigenvalue weighted by Crippen LogP contribution is -2.55. The molecular formula is C16H24BrClN2OS. The molecule has 1 aliphatic rings. The van der Waals surface area contributed by atoms with E-state index in [-0.39, 0.29) is 24.4 Å². The van der Waals surface area contributed by atoms with Gasteiger partial charge in [0.2, 0.25) is 5.91 Å². The van der Waals surface area contributed by atoms with Gasteiger partial charge < -0.3 is 10.6 Å². The molecular weight excluding hydrogens is 384 g/mol. The highest BCUT2D eigenvalue weighted by Gasteiger charge is 2.32. The van der Waals surface area contributed by atoms with Crippen LogP contribution in [0.25, 0.3) is 0 Å². The summed E-state index contributed by atoms with van der Waals surface area (Å²) in [4.78, 5) is 13.7. The van der Waals surface area contributed by atoms with Crippen LogP contribution in [-0.2, 0) is 4.79 Å². The first kappa shape index (κ1) is 19.8. The number of hydrogen-bond acceptors (Lipinski definition) is 3. The molecule has 2 N–H and O–H groups in total. The fourth-order valence-electron chi connectivity index (χ4n) is 2.43. The summed E-state index contributed by atoms with van der Waals surface area (Å²) in [7, 11) is 0. The molecule has 2 unspecified atom stereocenters. The third kappa shape index (κ3) is 5.44. The number of benzene rings is 1. The summed E-state index contributed by atoms with van der Waals surface area (Å²) in [6, 6.07) is 8.66. The molecule has 1 aromatic carbocycles. The first-order valence-electron chi connectivity index (χ1n) is 7.37. The van der Waals surface area contributed by atoms with Crippen LogP contribution in [0, 0.1) is 0 Å². The molecule has 0 radical (unpaired) electrons. The highest BCUT2D eigenvalue weighted by molar-refractivity contribution is 9.10. The highest BCUT2D eigenvalue weighted by atomic mass is 79.9. The number of hydrogen-bond donors (Lipinski definition) is 2. The van der Waals surface area contributed by atoms with Gasteiger partial charge in [-0.3, -0.25) is 4.79 Å². The Morgan fingerprint density at radius 1 is 1.36 bits per heavy atom. The zero-order chi connectivity index (χ0) is 15.5. The van der Waals surface area contributed by atoms with Crippen molar-refractivity contribution in [3.8, 4) is 0 Å². The third-order valence-electron chi connectivity index (χ3n) is 3.81. The van der Waals surface area contributed by atoms with Crippen molar-refractivity contribution in [2.45, 2.75) is 55.3 Å². The Morgan fingerprint density at radius 3 is 2.59 bits per heavy atom. The lowest BCUT2D eigenvalue weighted by atomic mass is 9.99. The van der Waals surface area contributed by atoms with Crippen LogP contribution < -0.4 is 10.6 Å². The predicted molar refractivity (Wildman–Crippen MR) is 100.0 cm³/mol. The second kappa shape index (κ2) is 8.57. The van der Waals surface area contributed by atoms with Gasteiger partial charge >= 0.3 is 0 Å². The topological polar surface area (TPSA) is 41.1 Å². The van der Waals surface area contributed by atoms with E-state index in [0.29, 0.717) is 6.04 Å². The van der Waals surface area contributed by atoms with Crippen LogP contribution in [0.1, 0.15) is 33.6 Å². The quantitative estimate of drug-likeness (QED) is 0.741. The number of amides is 1. The molecule has 1 aliphatic heterocycles. The van der Waals surface area contributed by atoms with E-state index in [0.717, 1.165) is 28.8 Å². The predicted octanol–water partition coefficient (Wildman–Crippen LogP) is 4.00. The standard InChI is InChI=1S/C16H23BrN2OS.ClH/c1-11-14(5-4-10-18-11)19-15(20)16(2,3)21-13-8-6-12(17)7-9-13;/h6-9,11,14,18H,4-5,10H2,1-3H3,(H,19,20);1H. The van der Waals surface area contributed by atoms with E-state index in [1.807, 2.05) is 38.1 Å². The van der Waals surface area contributed by atoms with Crippen LogP contribution in [0.2, 0.25) is 0 Å². The Kier molecular flexibility index (Phi) is 7.72. The maximum absolute atomic E-state index is 12.6. The van der Waals surface area contributed by atoms with Gasteiger partial charge in [-0.25, -0.2) is 0 Å². The third-order valence-corrected chi connectivity index (χ3v) is 5.54. The molecule has 1 aromatic rings. The van der Waals surface area contributed by atoms with Gasteiger partial charge in [0.25, 0.3) is 0 Å². The number of nitrogens with one attached hydrogen (secondary N) is 2. The van der Waals surface area contributed by atoms with E-state index in [9.17, 15) is 4.79 Å². The van der Waals surface area contributed by atoms with Crippen LogP contribution in [0.3, 0.4) is 0 Å². The van der Waals surface area contributed by atoms with Crippen molar-refractivity contribution in [2.75, 3.05) is 6.54 Å². The zero-order valence-electron chi connectivity index (χ0n) is 13.2. The fraction of sp³-hybridized carbons (Fsp3) is 0.562. The van der Waals surface area contributed by atoms with Crippen molar-refractivity contribution in [3.63, 3.8) is 0 Å². The minimum atomic E-state index is -0.481. The van der Waals surface area contributed by atoms with Crippen LogP contribution in [-0.4, -0.2) is 29.3 Å². The van der Waals surface area contributed by atoms with E-state index in [4.69, 9.17) is 0 Å². The molecule has 1 fully saturated rings. The molecule has 1 amide bonds. The molecule has 22 heavy (non-hydrogen) atoms. The Balaban J connectivity index is 0.00000242. The van der Waals surface area contributed by atoms with Gasteiger partial charge in [-0.15, -0.1) is 24.2 Å². The number of carbonyl (C=O) groups is 1. The molecule has 1 saturated heterocycles. The maximum Gasteiger partial charge on any atom is 0.236 e. The maximum atomic E-state index is 12.6. The first-order chi connectivity index (χ1) is 9.88. The average molecular weight is 408 g/mol. The summed E-state index contributed by atoms with van der Waals surface area (Å²) in [5.74, 6) is 0.107. The van der Waals surface area contributed by atoms with Crippen LogP contribution in [0.15, 0.2) is 33.6 Å². The lowest BCUT2D eigenvalue weighted by molar-refractivity contribution is -0.123. The molecule has 2 rings (SSSR count).